The second kappa shape index (κ2) is 3.32. The van der Waals surface area contributed by atoms with Crippen LogP contribution in [-0.2, 0) is 9.47 Å². The molecule has 0 bridgehead atoms. The third-order valence-electron chi connectivity index (χ3n) is 2.00. The molecule has 3 nitrogen and oxygen atoms in total. The molecule has 1 fully saturated rings. The lowest BCUT2D eigenvalue weighted by Gasteiger charge is -2.17. The Morgan fingerprint density at radius 1 is 1.42 bits per heavy atom. The van der Waals surface area contributed by atoms with Crippen LogP contribution in [0.5, 0.6) is 0 Å². The first kappa shape index (κ1) is 9.96. The Balaban J connectivity index is 2.47. The zero-order chi connectivity index (χ0) is 9.35. The Hall–Kier alpha value is -0.120. The van der Waals surface area contributed by atoms with Gasteiger partial charge in [0, 0.05) is 6.42 Å². The van der Waals surface area contributed by atoms with Crippen LogP contribution in [0.4, 0.5) is 0 Å². The molecule has 0 spiro atoms. The quantitative estimate of drug-likeness (QED) is 0.685. The van der Waals surface area contributed by atoms with Crippen LogP contribution in [0.25, 0.3) is 0 Å². The fourth-order valence-electron chi connectivity index (χ4n) is 1.59. The van der Waals surface area contributed by atoms with Crippen LogP contribution in [0.15, 0.2) is 0 Å². The van der Waals surface area contributed by atoms with E-state index in [1.807, 2.05) is 20.8 Å². The molecule has 0 aromatic carbocycles. The van der Waals surface area contributed by atoms with Gasteiger partial charge in [0.2, 0.25) is 0 Å². The van der Waals surface area contributed by atoms with Crippen LogP contribution in [0, 0.1) is 0 Å². The maximum Gasteiger partial charge on any atom is 0.163 e. The molecular formula is C9H18O3. The summed E-state index contributed by atoms with van der Waals surface area (Å²) in [5, 5.41) is 9.17. The summed E-state index contributed by atoms with van der Waals surface area (Å²) in [6.45, 7) is 7.53. The number of aliphatic hydroxyl groups is 1. The van der Waals surface area contributed by atoms with E-state index < -0.39 is 5.79 Å². The molecule has 0 aromatic heterocycles. The summed E-state index contributed by atoms with van der Waals surface area (Å²) in [6, 6.07) is 0. The van der Waals surface area contributed by atoms with Gasteiger partial charge in [-0.1, -0.05) is 0 Å². The van der Waals surface area contributed by atoms with Gasteiger partial charge in [0.1, 0.15) is 0 Å². The van der Waals surface area contributed by atoms with E-state index in [-0.39, 0.29) is 18.3 Å². The first-order valence-corrected chi connectivity index (χ1v) is 4.44. The number of aliphatic hydroxyl groups excluding tert-OH is 1. The number of ether oxygens (including phenoxy) is 2. The molecule has 0 aromatic rings. The smallest absolute Gasteiger partial charge is 0.163 e. The summed E-state index contributed by atoms with van der Waals surface area (Å²) in [7, 11) is 0. The van der Waals surface area contributed by atoms with Crippen molar-refractivity contribution < 1.29 is 14.6 Å². The van der Waals surface area contributed by atoms with Crippen molar-refractivity contribution in [3.8, 4) is 0 Å². The molecule has 1 saturated heterocycles. The van der Waals surface area contributed by atoms with Crippen molar-refractivity contribution in [2.45, 2.75) is 58.2 Å². The minimum atomic E-state index is -0.487. The molecular weight excluding hydrogens is 156 g/mol. The molecule has 3 unspecified atom stereocenters. The number of hydrogen-bond acceptors (Lipinski definition) is 3. The summed E-state index contributed by atoms with van der Waals surface area (Å²) >= 11 is 0. The average molecular weight is 174 g/mol. The second-order valence-corrected chi connectivity index (χ2v) is 3.96. The highest BCUT2D eigenvalue weighted by Crippen LogP contribution is 2.29. The summed E-state index contributed by atoms with van der Waals surface area (Å²) in [5.41, 5.74) is 0. The average Bonchev–Trinajstić information content (AvgIpc) is 2.03. The first-order chi connectivity index (χ1) is 5.41. The lowest BCUT2D eigenvalue weighted by atomic mass is 10.1. The third kappa shape index (κ3) is 2.44. The van der Waals surface area contributed by atoms with E-state index in [1.165, 1.54) is 0 Å². The molecule has 72 valence electrons. The van der Waals surface area contributed by atoms with E-state index in [0.29, 0.717) is 6.42 Å². The van der Waals surface area contributed by atoms with Gasteiger partial charge in [0.05, 0.1) is 18.3 Å². The van der Waals surface area contributed by atoms with Gasteiger partial charge in [-0.2, -0.15) is 0 Å². The van der Waals surface area contributed by atoms with Crippen LogP contribution in [0.3, 0.4) is 0 Å². The van der Waals surface area contributed by atoms with Gasteiger partial charge in [0.25, 0.3) is 0 Å². The molecule has 0 saturated carbocycles. The van der Waals surface area contributed by atoms with E-state index in [0.717, 1.165) is 0 Å². The largest absolute Gasteiger partial charge is 0.393 e. The second-order valence-electron chi connectivity index (χ2n) is 3.96. The molecule has 0 radical (unpaired) electrons. The van der Waals surface area contributed by atoms with Crippen molar-refractivity contribution in [1.29, 1.82) is 0 Å². The van der Waals surface area contributed by atoms with Crippen molar-refractivity contribution in [2.75, 3.05) is 0 Å². The van der Waals surface area contributed by atoms with E-state index in [1.54, 1.807) is 6.92 Å². The maximum atomic E-state index is 9.17. The normalized spacial score (nSPS) is 36.8. The highest BCUT2D eigenvalue weighted by atomic mass is 16.7. The standard InChI is InChI=1S/C9H18O3/c1-6(10)5-8-7(2)11-9(3,4)12-8/h6-8,10H,5H2,1-4H3. The Labute approximate surface area is 73.7 Å². The van der Waals surface area contributed by atoms with E-state index in [2.05, 4.69) is 0 Å². The minimum Gasteiger partial charge on any atom is -0.393 e. The predicted molar refractivity (Wildman–Crippen MR) is 45.8 cm³/mol. The van der Waals surface area contributed by atoms with Gasteiger partial charge < -0.3 is 14.6 Å². The fraction of sp³-hybridized carbons (Fsp3) is 1.00. The van der Waals surface area contributed by atoms with Crippen LogP contribution in [0.2, 0.25) is 0 Å². The molecule has 0 aliphatic carbocycles. The number of hydrogen-bond donors (Lipinski definition) is 1. The SMILES string of the molecule is CC(O)CC1OC(C)(C)OC1C. The zero-order valence-electron chi connectivity index (χ0n) is 8.20. The molecule has 1 N–H and O–H groups in total. The van der Waals surface area contributed by atoms with Crippen molar-refractivity contribution in [3.05, 3.63) is 0 Å². The lowest BCUT2D eigenvalue weighted by Crippen LogP contribution is -2.24. The molecule has 3 heteroatoms. The monoisotopic (exact) mass is 174 g/mol. The summed E-state index contributed by atoms with van der Waals surface area (Å²) in [6.07, 6.45) is 0.425. The van der Waals surface area contributed by atoms with Crippen molar-refractivity contribution in [2.24, 2.45) is 0 Å². The van der Waals surface area contributed by atoms with Crippen molar-refractivity contribution in [3.63, 3.8) is 0 Å². The first-order valence-electron chi connectivity index (χ1n) is 4.44. The van der Waals surface area contributed by atoms with Gasteiger partial charge in [-0.15, -0.1) is 0 Å². The molecule has 3 atom stereocenters. The zero-order valence-corrected chi connectivity index (χ0v) is 8.20. The summed E-state index contributed by atoms with van der Waals surface area (Å²) in [4.78, 5) is 0. The Bertz CT molecular complexity index is 154. The fourth-order valence-corrected chi connectivity index (χ4v) is 1.59. The van der Waals surface area contributed by atoms with Crippen molar-refractivity contribution in [1.82, 2.24) is 0 Å². The summed E-state index contributed by atoms with van der Waals surface area (Å²) in [5.74, 6) is -0.487. The van der Waals surface area contributed by atoms with Crippen LogP contribution in [-0.4, -0.2) is 29.2 Å². The Kier molecular flexibility index (Phi) is 2.76. The van der Waals surface area contributed by atoms with Gasteiger partial charge >= 0.3 is 0 Å². The van der Waals surface area contributed by atoms with Crippen LogP contribution < -0.4 is 0 Å². The predicted octanol–water partition coefficient (Wildman–Crippen LogP) is 1.30. The topological polar surface area (TPSA) is 38.7 Å². The minimum absolute atomic E-state index is 0.0278. The molecule has 1 rings (SSSR count). The van der Waals surface area contributed by atoms with E-state index >= 15 is 0 Å². The van der Waals surface area contributed by atoms with Gasteiger partial charge in [0.15, 0.2) is 5.79 Å². The maximum absolute atomic E-state index is 9.17. The van der Waals surface area contributed by atoms with Gasteiger partial charge in [-0.05, 0) is 27.7 Å². The van der Waals surface area contributed by atoms with Crippen LogP contribution in [0.1, 0.15) is 34.1 Å². The Morgan fingerprint density at radius 3 is 2.33 bits per heavy atom. The van der Waals surface area contributed by atoms with E-state index in [4.69, 9.17) is 14.6 Å². The van der Waals surface area contributed by atoms with Gasteiger partial charge in [-0.25, -0.2) is 0 Å². The highest BCUT2D eigenvalue weighted by molar-refractivity contribution is 4.79. The summed E-state index contributed by atoms with van der Waals surface area (Å²) < 4.78 is 11.1. The molecule has 1 heterocycles. The van der Waals surface area contributed by atoms with E-state index in [9.17, 15) is 0 Å². The van der Waals surface area contributed by atoms with Crippen molar-refractivity contribution >= 4 is 0 Å². The number of rotatable bonds is 2. The molecule has 1 aliphatic heterocycles. The highest BCUT2D eigenvalue weighted by Gasteiger charge is 2.38. The molecule has 12 heavy (non-hydrogen) atoms. The van der Waals surface area contributed by atoms with Crippen LogP contribution >= 0.6 is 0 Å². The Morgan fingerprint density at radius 2 is 2.00 bits per heavy atom. The van der Waals surface area contributed by atoms with Gasteiger partial charge in [-0.3, -0.25) is 0 Å². The molecule has 0 amide bonds. The third-order valence-corrected chi connectivity index (χ3v) is 2.00. The molecule has 1 aliphatic rings. The lowest BCUT2D eigenvalue weighted by molar-refractivity contribution is -0.146.